The average Bonchev–Trinajstić information content (AvgIpc) is 3.26. The van der Waals surface area contributed by atoms with E-state index in [1.807, 2.05) is 6.08 Å². The minimum absolute atomic E-state index is 0.0519. The third-order valence-electron chi connectivity index (χ3n) is 5.88. The zero-order valence-electron chi connectivity index (χ0n) is 18.7. The molecule has 192 valence electrons. The molecule has 1 fully saturated rings. The van der Waals surface area contributed by atoms with Gasteiger partial charge in [0.2, 0.25) is 11.7 Å². The molecule has 2 aliphatic heterocycles. The number of benzene rings is 1. The van der Waals surface area contributed by atoms with Gasteiger partial charge in [-0.1, -0.05) is 23.8 Å². The number of aromatic nitrogens is 2. The highest BCUT2D eigenvalue weighted by Gasteiger charge is 2.45. The number of ketones is 1. The van der Waals surface area contributed by atoms with Crippen LogP contribution in [0.5, 0.6) is 5.75 Å². The standard InChI is InChI=1S/C24H17ClF4N4O3S/c25-23-31-12-17(37-23)10-20-32-6-2-1-3-18(32)22(34)21(33(20)35)15-7-14(13-4-5-19(26)30-11-13)8-16(9-15)36-24(27,28)29/h1-5,7-9,11-12,20-21,35H,6,10H2. The number of carbonyl (C=O) groups excluding carboxylic acids is 1. The van der Waals surface area contributed by atoms with Crippen LogP contribution in [0.3, 0.4) is 0 Å². The van der Waals surface area contributed by atoms with Gasteiger partial charge in [0.15, 0.2) is 4.47 Å². The Morgan fingerprint density at radius 3 is 2.65 bits per heavy atom. The van der Waals surface area contributed by atoms with Gasteiger partial charge in [0, 0.05) is 35.8 Å². The summed E-state index contributed by atoms with van der Waals surface area (Å²) >= 11 is 7.18. The predicted molar refractivity (Wildman–Crippen MR) is 126 cm³/mol. The lowest BCUT2D eigenvalue weighted by Gasteiger charge is -2.46. The van der Waals surface area contributed by atoms with E-state index >= 15 is 0 Å². The molecule has 0 radical (unpaired) electrons. The van der Waals surface area contributed by atoms with Crippen molar-refractivity contribution < 1.29 is 32.3 Å². The van der Waals surface area contributed by atoms with Crippen LogP contribution in [0.2, 0.25) is 4.47 Å². The number of hydrogen-bond donors (Lipinski definition) is 1. The second kappa shape index (κ2) is 9.86. The number of allylic oxidation sites excluding steroid dienone is 2. The molecule has 2 atom stereocenters. The molecular formula is C24H17ClF4N4O3S. The molecule has 1 N–H and O–H groups in total. The van der Waals surface area contributed by atoms with Gasteiger partial charge in [0.25, 0.3) is 0 Å². The van der Waals surface area contributed by atoms with Gasteiger partial charge in [0.1, 0.15) is 18.0 Å². The minimum atomic E-state index is -5.01. The summed E-state index contributed by atoms with van der Waals surface area (Å²) in [4.78, 5) is 23.6. The summed E-state index contributed by atoms with van der Waals surface area (Å²) < 4.78 is 57.2. The second-order valence-corrected chi connectivity index (χ2v) is 9.95. The molecule has 0 bridgehead atoms. The van der Waals surface area contributed by atoms with E-state index in [1.54, 1.807) is 23.2 Å². The van der Waals surface area contributed by atoms with E-state index in [0.29, 0.717) is 22.3 Å². The number of pyridine rings is 1. The van der Waals surface area contributed by atoms with Crippen molar-refractivity contribution in [1.82, 2.24) is 19.9 Å². The zero-order chi connectivity index (χ0) is 26.3. The van der Waals surface area contributed by atoms with Crippen LogP contribution in [0, 0.1) is 5.95 Å². The highest BCUT2D eigenvalue weighted by Crippen LogP contribution is 2.40. The summed E-state index contributed by atoms with van der Waals surface area (Å²) in [6.45, 7) is 0.336. The molecule has 1 aromatic carbocycles. The Morgan fingerprint density at radius 2 is 1.97 bits per heavy atom. The van der Waals surface area contributed by atoms with Crippen LogP contribution in [0.4, 0.5) is 17.6 Å². The zero-order valence-corrected chi connectivity index (χ0v) is 20.3. The smallest absolute Gasteiger partial charge is 0.406 e. The molecule has 5 rings (SSSR count). The Morgan fingerprint density at radius 1 is 1.16 bits per heavy atom. The summed E-state index contributed by atoms with van der Waals surface area (Å²) in [5, 5.41) is 12.2. The highest BCUT2D eigenvalue weighted by atomic mass is 35.5. The normalized spacial score (nSPS) is 20.1. The number of fused-ring (bicyclic) bond motifs is 1. The SMILES string of the molecule is O=C1C2=CC=CCN2C(Cc2cnc(Cl)s2)N(O)C1c1cc(OC(F)(F)F)cc(-c2ccc(F)nc2)c1. The number of ether oxygens (including phenoxy) is 1. The maximum absolute atomic E-state index is 13.6. The number of hydroxylamine groups is 2. The number of thiazole rings is 1. The van der Waals surface area contributed by atoms with Crippen molar-refractivity contribution in [3.63, 3.8) is 0 Å². The van der Waals surface area contributed by atoms with Crippen LogP contribution in [0.1, 0.15) is 16.5 Å². The van der Waals surface area contributed by atoms with Crippen molar-refractivity contribution in [1.29, 1.82) is 0 Å². The predicted octanol–water partition coefficient (Wildman–Crippen LogP) is 5.54. The van der Waals surface area contributed by atoms with Crippen LogP contribution in [-0.4, -0.2) is 50.0 Å². The van der Waals surface area contributed by atoms with Crippen molar-refractivity contribution in [2.24, 2.45) is 0 Å². The van der Waals surface area contributed by atoms with Gasteiger partial charge in [-0.05, 0) is 47.5 Å². The van der Waals surface area contributed by atoms with Crippen molar-refractivity contribution in [3.05, 3.63) is 87.5 Å². The van der Waals surface area contributed by atoms with Crippen LogP contribution < -0.4 is 4.74 Å². The summed E-state index contributed by atoms with van der Waals surface area (Å²) in [6.07, 6.45) is 2.31. The van der Waals surface area contributed by atoms with Gasteiger partial charge in [0.05, 0.1) is 5.70 Å². The van der Waals surface area contributed by atoms with Crippen LogP contribution in [0.15, 0.2) is 66.7 Å². The van der Waals surface area contributed by atoms with E-state index in [-0.39, 0.29) is 17.5 Å². The van der Waals surface area contributed by atoms with Crippen molar-refractivity contribution in [2.45, 2.75) is 25.0 Å². The van der Waals surface area contributed by atoms with E-state index in [4.69, 9.17) is 11.6 Å². The molecule has 3 aromatic rings. The van der Waals surface area contributed by atoms with E-state index in [1.165, 1.54) is 23.5 Å². The van der Waals surface area contributed by atoms with Gasteiger partial charge in [-0.15, -0.1) is 24.5 Å². The van der Waals surface area contributed by atoms with E-state index in [9.17, 15) is 27.6 Å². The fourth-order valence-corrected chi connectivity index (χ4v) is 5.37. The summed E-state index contributed by atoms with van der Waals surface area (Å²) in [5.41, 5.74) is 0.832. The highest BCUT2D eigenvalue weighted by molar-refractivity contribution is 7.15. The molecule has 1 saturated heterocycles. The summed E-state index contributed by atoms with van der Waals surface area (Å²) in [7, 11) is 0. The molecule has 7 nitrogen and oxygen atoms in total. The number of alkyl halides is 3. The monoisotopic (exact) mass is 552 g/mol. The molecular weight excluding hydrogens is 536 g/mol. The van der Waals surface area contributed by atoms with Gasteiger partial charge in [-0.3, -0.25) is 4.79 Å². The molecule has 2 unspecified atom stereocenters. The second-order valence-electron chi connectivity index (χ2n) is 8.25. The number of nitrogens with zero attached hydrogens (tertiary/aromatic N) is 4. The van der Waals surface area contributed by atoms with Crippen LogP contribution in [-0.2, 0) is 11.2 Å². The fourth-order valence-electron chi connectivity index (χ4n) is 4.36. The molecule has 0 aliphatic carbocycles. The maximum atomic E-state index is 13.6. The minimum Gasteiger partial charge on any atom is -0.406 e. The van der Waals surface area contributed by atoms with Crippen LogP contribution >= 0.6 is 22.9 Å². The molecule has 0 saturated carbocycles. The third-order valence-corrected chi connectivity index (χ3v) is 7.02. The van der Waals surface area contributed by atoms with Gasteiger partial charge in [-0.2, -0.15) is 9.45 Å². The van der Waals surface area contributed by atoms with E-state index in [0.717, 1.165) is 34.3 Å². The van der Waals surface area contributed by atoms with Crippen molar-refractivity contribution in [2.75, 3.05) is 6.54 Å². The topological polar surface area (TPSA) is 78.8 Å². The molecule has 4 heterocycles. The van der Waals surface area contributed by atoms with Crippen molar-refractivity contribution in [3.8, 4) is 16.9 Å². The number of halogens is 5. The van der Waals surface area contributed by atoms with Crippen molar-refractivity contribution >= 4 is 28.7 Å². The summed E-state index contributed by atoms with van der Waals surface area (Å²) in [6, 6.07) is 4.64. The Kier molecular flexibility index (Phi) is 6.75. The van der Waals surface area contributed by atoms with E-state index < -0.39 is 36.1 Å². The largest absolute Gasteiger partial charge is 0.573 e. The number of Topliss-reactive ketones (excluding diaryl/α,β-unsaturated/α-hetero) is 1. The molecule has 2 aliphatic rings. The first-order valence-corrected chi connectivity index (χ1v) is 12.1. The molecule has 0 spiro atoms. The summed E-state index contributed by atoms with van der Waals surface area (Å²) in [5.74, 6) is -1.88. The van der Waals surface area contributed by atoms with Gasteiger partial charge < -0.3 is 14.8 Å². The van der Waals surface area contributed by atoms with Crippen LogP contribution in [0.25, 0.3) is 11.1 Å². The first-order chi connectivity index (χ1) is 17.6. The van der Waals surface area contributed by atoms with Gasteiger partial charge in [-0.25, -0.2) is 9.97 Å². The average molecular weight is 553 g/mol. The Labute approximate surface area is 216 Å². The molecule has 37 heavy (non-hydrogen) atoms. The van der Waals surface area contributed by atoms with E-state index in [2.05, 4.69) is 14.7 Å². The first kappa shape index (κ1) is 25.3. The lowest BCUT2D eigenvalue weighted by atomic mass is 9.91. The maximum Gasteiger partial charge on any atom is 0.573 e. The number of rotatable bonds is 5. The molecule has 13 heteroatoms. The Hall–Kier alpha value is -3.32. The fraction of sp³-hybridized carbons (Fsp3) is 0.208. The number of carbonyl (C=O) groups is 1. The molecule has 2 aromatic heterocycles. The molecule has 0 amide bonds. The quantitative estimate of drug-likeness (QED) is 0.329. The lowest BCUT2D eigenvalue weighted by Crippen LogP contribution is -2.57. The number of hydrogen-bond acceptors (Lipinski definition) is 8. The first-order valence-electron chi connectivity index (χ1n) is 10.9. The third kappa shape index (κ3) is 5.37. The Bertz CT molecular complexity index is 1390. The lowest BCUT2D eigenvalue weighted by molar-refractivity contribution is -0.274. The Balaban J connectivity index is 1.60. The van der Waals surface area contributed by atoms with Gasteiger partial charge >= 0.3 is 6.36 Å².